The summed E-state index contributed by atoms with van der Waals surface area (Å²) in [4.78, 5) is 0. The standard InChI is InChI=1S/C41H50FNO/c1-26-19-31(27-13-12-14-30(42)21-27)37(44)36(20-26)43-34-17-15-28(40(8,9)24-38(2,3)4)22-32(34)33-23-29(16-18-35(33)43)41(10,11)25-39(5,6)7/h12-23,44H,24-25H2,1-11H3. The molecule has 2 nitrogen and oxygen atoms in total. The molecule has 0 saturated heterocycles. The molecule has 0 radical (unpaired) electrons. The van der Waals surface area contributed by atoms with Gasteiger partial charge in [0.25, 0.3) is 0 Å². The fraction of sp³-hybridized carbons (Fsp3) is 0.415. The number of aromatic nitrogens is 1. The van der Waals surface area contributed by atoms with Crippen LogP contribution in [-0.4, -0.2) is 9.67 Å². The van der Waals surface area contributed by atoms with Gasteiger partial charge in [0.15, 0.2) is 0 Å². The first-order valence-corrected chi connectivity index (χ1v) is 15.9. The minimum Gasteiger partial charge on any atom is -0.505 e. The Balaban J connectivity index is 1.82. The third kappa shape index (κ3) is 6.29. The van der Waals surface area contributed by atoms with Crippen molar-refractivity contribution in [2.75, 3.05) is 0 Å². The van der Waals surface area contributed by atoms with Crippen LogP contribution >= 0.6 is 0 Å². The van der Waals surface area contributed by atoms with E-state index in [2.05, 4.69) is 110 Å². The highest BCUT2D eigenvalue weighted by molar-refractivity contribution is 6.10. The Labute approximate surface area is 263 Å². The second-order valence-corrected chi connectivity index (χ2v) is 16.7. The van der Waals surface area contributed by atoms with Crippen LogP contribution in [0.15, 0.2) is 72.8 Å². The molecule has 0 amide bonds. The smallest absolute Gasteiger partial charge is 0.147 e. The monoisotopic (exact) mass is 591 g/mol. The zero-order valence-corrected chi connectivity index (χ0v) is 28.6. The Hall–Kier alpha value is -3.59. The maximum Gasteiger partial charge on any atom is 0.147 e. The van der Waals surface area contributed by atoms with E-state index in [0.717, 1.165) is 29.4 Å². The molecule has 0 aliphatic heterocycles. The molecule has 44 heavy (non-hydrogen) atoms. The summed E-state index contributed by atoms with van der Waals surface area (Å²) in [5.41, 5.74) is 8.06. The molecule has 1 N–H and O–H groups in total. The number of rotatable bonds is 6. The van der Waals surface area contributed by atoms with Gasteiger partial charge in [0.2, 0.25) is 0 Å². The van der Waals surface area contributed by atoms with E-state index in [1.54, 1.807) is 6.07 Å². The molecule has 0 aliphatic carbocycles. The van der Waals surface area contributed by atoms with Gasteiger partial charge in [0.1, 0.15) is 11.6 Å². The van der Waals surface area contributed by atoms with Crippen molar-refractivity contribution in [3.63, 3.8) is 0 Å². The first-order chi connectivity index (χ1) is 20.3. The van der Waals surface area contributed by atoms with Crippen molar-refractivity contribution in [2.45, 2.75) is 99.8 Å². The second kappa shape index (κ2) is 10.8. The first kappa shape index (κ1) is 31.8. The molecule has 5 rings (SSSR count). The number of hydrogen-bond acceptors (Lipinski definition) is 1. The van der Waals surface area contributed by atoms with E-state index in [1.165, 1.54) is 34.0 Å². The van der Waals surface area contributed by atoms with Crippen molar-refractivity contribution in [1.82, 2.24) is 4.57 Å². The summed E-state index contributed by atoms with van der Waals surface area (Å²) >= 11 is 0. The molecule has 0 spiro atoms. The molecule has 0 aliphatic rings. The fourth-order valence-corrected chi connectivity index (χ4v) is 7.79. The number of benzene rings is 4. The molecule has 232 valence electrons. The van der Waals surface area contributed by atoms with Crippen molar-refractivity contribution in [2.24, 2.45) is 10.8 Å². The van der Waals surface area contributed by atoms with Crippen molar-refractivity contribution in [1.29, 1.82) is 0 Å². The zero-order valence-electron chi connectivity index (χ0n) is 28.6. The number of hydrogen-bond donors (Lipinski definition) is 1. The predicted molar refractivity (Wildman–Crippen MR) is 187 cm³/mol. The van der Waals surface area contributed by atoms with Crippen LogP contribution in [0.25, 0.3) is 38.6 Å². The van der Waals surface area contributed by atoms with E-state index in [0.29, 0.717) is 16.8 Å². The molecule has 0 unspecified atom stereocenters. The van der Waals surface area contributed by atoms with Gasteiger partial charge in [-0.1, -0.05) is 93.5 Å². The van der Waals surface area contributed by atoms with Gasteiger partial charge in [-0.25, -0.2) is 4.39 Å². The van der Waals surface area contributed by atoms with Gasteiger partial charge in [0, 0.05) is 16.3 Å². The van der Waals surface area contributed by atoms with Gasteiger partial charge in [-0.15, -0.1) is 0 Å². The Kier molecular flexibility index (Phi) is 7.80. The number of phenolic OH excluding ortho intramolecular Hbond substituents is 1. The lowest BCUT2D eigenvalue weighted by atomic mass is 9.71. The maximum absolute atomic E-state index is 14.3. The van der Waals surface area contributed by atoms with E-state index in [9.17, 15) is 9.50 Å². The Morgan fingerprint density at radius 3 is 1.59 bits per heavy atom. The highest BCUT2D eigenvalue weighted by atomic mass is 19.1. The summed E-state index contributed by atoms with van der Waals surface area (Å²) in [7, 11) is 0. The van der Waals surface area contributed by atoms with E-state index < -0.39 is 0 Å². The van der Waals surface area contributed by atoms with E-state index in [-0.39, 0.29) is 33.2 Å². The second-order valence-electron chi connectivity index (χ2n) is 16.7. The topological polar surface area (TPSA) is 25.2 Å². The van der Waals surface area contributed by atoms with Gasteiger partial charge in [-0.3, -0.25) is 0 Å². The lowest BCUT2D eigenvalue weighted by molar-refractivity contribution is 0.283. The van der Waals surface area contributed by atoms with Crippen LogP contribution < -0.4 is 0 Å². The molecule has 1 heterocycles. The predicted octanol–water partition coefficient (Wildman–Crippen LogP) is 12.0. The van der Waals surface area contributed by atoms with Crippen molar-refractivity contribution in [3.05, 3.63) is 95.3 Å². The lowest BCUT2D eigenvalue weighted by Gasteiger charge is -2.33. The number of nitrogens with zero attached hydrogens (tertiary/aromatic N) is 1. The van der Waals surface area contributed by atoms with Crippen LogP contribution in [-0.2, 0) is 10.8 Å². The molecule has 0 fully saturated rings. The summed E-state index contributed by atoms with van der Waals surface area (Å²) < 4.78 is 16.5. The SMILES string of the molecule is Cc1cc(-c2cccc(F)c2)c(O)c(-n2c3ccc(C(C)(C)CC(C)(C)C)cc3c3cc(C(C)(C)CC(C)(C)C)ccc32)c1. The summed E-state index contributed by atoms with van der Waals surface area (Å²) in [6, 6.07) is 24.1. The highest BCUT2D eigenvalue weighted by Gasteiger charge is 2.30. The molecule has 4 aromatic carbocycles. The van der Waals surface area contributed by atoms with Crippen molar-refractivity contribution < 1.29 is 9.50 Å². The molecule has 1 aromatic heterocycles. The zero-order chi connectivity index (χ0) is 32.4. The third-order valence-corrected chi connectivity index (χ3v) is 8.88. The Morgan fingerprint density at radius 1 is 0.636 bits per heavy atom. The van der Waals surface area contributed by atoms with Crippen LogP contribution in [0.1, 0.15) is 98.8 Å². The minimum absolute atomic E-state index is 0.0139. The molecule has 3 heteroatoms. The van der Waals surface area contributed by atoms with Crippen LogP contribution in [0.5, 0.6) is 5.75 Å². The summed E-state index contributed by atoms with van der Waals surface area (Å²) in [5, 5.41) is 14.2. The molecular weight excluding hydrogens is 541 g/mol. The highest BCUT2D eigenvalue weighted by Crippen LogP contribution is 2.45. The van der Waals surface area contributed by atoms with Gasteiger partial charge < -0.3 is 9.67 Å². The average molecular weight is 592 g/mol. The molecular formula is C41H50FNO. The van der Waals surface area contributed by atoms with Crippen LogP contribution in [0.2, 0.25) is 0 Å². The average Bonchev–Trinajstić information content (AvgIpc) is 3.20. The summed E-state index contributed by atoms with van der Waals surface area (Å²) in [5.74, 6) is -0.174. The Bertz CT molecular complexity index is 1770. The Morgan fingerprint density at radius 2 is 1.14 bits per heavy atom. The van der Waals surface area contributed by atoms with Gasteiger partial charge in [0.05, 0.1) is 16.7 Å². The number of fused-ring (bicyclic) bond motifs is 3. The normalized spacial score (nSPS) is 13.3. The largest absolute Gasteiger partial charge is 0.505 e. The summed E-state index contributed by atoms with van der Waals surface area (Å²) in [6.07, 6.45) is 2.12. The van der Waals surface area contributed by atoms with Gasteiger partial charge in [-0.05, 0) is 112 Å². The summed E-state index contributed by atoms with van der Waals surface area (Å²) in [6.45, 7) is 25.2. The van der Waals surface area contributed by atoms with Crippen LogP contribution in [0.4, 0.5) is 4.39 Å². The maximum atomic E-state index is 14.3. The van der Waals surface area contributed by atoms with E-state index in [4.69, 9.17) is 0 Å². The number of aromatic hydroxyl groups is 1. The first-order valence-electron chi connectivity index (χ1n) is 15.9. The third-order valence-electron chi connectivity index (χ3n) is 8.88. The molecule has 0 saturated carbocycles. The minimum atomic E-state index is -0.322. The van der Waals surface area contributed by atoms with Crippen LogP contribution in [0, 0.1) is 23.6 Å². The van der Waals surface area contributed by atoms with E-state index in [1.807, 2.05) is 25.1 Å². The number of phenols is 1. The van der Waals surface area contributed by atoms with Crippen molar-refractivity contribution >= 4 is 21.8 Å². The van der Waals surface area contributed by atoms with Crippen LogP contribution in [0.3, 0.4) is 0 Å². The van der Waals surface area contributed by atoms with Gasteiger partial charge in [-0.2, -0.15) is 0 Å². The number of halogens is 1. The number of aryl methyl sites for hydroxylation is 1. The molecule has 5 aromatic rings. The lowest BCUT2D eigenvalue weighted by Crippen LogP contribution is -2.24. The van der Waals surface area contributed by atoms with E-state index >= 15 is 0 Å². The molecule has 0 bridgehead atoms. The van der Waals surface area contributed by atoms with Gasteiger partial charge >= 0.3 is 0 Å². The quantitative estimate of drug-likeness (QED) is 0.209. The van der Waals surface area contributed by atoms with Crippen molar-refractivity contribution in [3.8, 4) is 22.6 Å². The fourth-order valence-electron chi connectivity index (χ4n) is 7.79. The molecule has 0 atom stereocenters.